The molecule has 1 fully saturated rings. The van der Waals surface area contributed by atoms with Crippen molar-refractivity contribution in [3.05, 3.63) is 53.3 Å². The molecule has 1 aliphatic rings. The van der Waals surface area contributed by atoms with E-state index < -0.39 is 6.03 Å². The lowest BCUT2D eigenvalue weighted by Gasteiger charge is -2.32. The Morgan fingerprint density at radius 1 is 1.14 bits per heavy atom. The van der Waals surface area contributed by atoms with Crippen molar-refractivity contribution in [2.45, 2.75) is 65.1 Å². The number of likely N-dealkylation sites (tertiary alicyclic amines) is 1. The van der Waals surface area contributed by atoms with Crippen LogP contribution in [0.5, 0.6) is 0 Å². The largest absolute Gasteiger partial charge is 0.381 e. The molecule has 3 amide bonds. The standard InChI is InChI=1S/C26H35N7O2/c1-4-17-9-7-8-10-19(17)22(5-2)31-25(34)21-15-28-24-20(16-29-33(24)6-3)23(21)30-18-11-13-32(14-12-18)26(27)35/h7-10,15-16,18,22H,4-6,11-14H2,1-3H3,(H2,27,35)(H,28,30)(H,31,34). The minimum atomic E-state index is -0.392. The molecule has 1 aliphatic heterocycles. The van der Waals surface area contributed by atoms with Crippen LogP contribution in [0.25, 0.3) is 11.0 Å². The Morgan fingerprint density at radius 3 is 2.54 bits per heavy atom. The summed E-state index contributed by atoms with van der Waals surface area (Å²) in [6, 6.07) is 7.87. The first-order chi connectivity index (χ1) is 17.0. The fraction of sp³-hybridized carbons (Fsp3) is 0.462. The summed E-state index contributed by atoms with van der Waals surface area (Å²) in [4.78, 5) is 31.4. The number of aromatic nitrogens is 3. The van der Waals surface area contributed by atoms with Crippen molar-refractivity contribution in [2.24, 2.45) is 5.73 Å². The van der Waals surface area contributed by atoms with Crippen molar-refractivity contribution >= 4 is 28.7 Å². The number of hydrogen-bond donors (Lipinski definition) is 3. The Bertz CT molecular complexity index is 1200. The molecule has 1 atom stereocenters. The third-order valence-electron chi connectivity index (χ3n) is 6.89. The molecule has 35 heavy (non-hydrogen) atoms. The first-order valence-electron chi connectivity index (χ1n) is 12.5. The van der Waals surface area contributed by atoms with E-state index >= 15 is 0 Å². The molecule has 3 heterocycles. The number of carbonyl (C=O) groups is 2. The van der Waals surface area contributed by atoms with Gasteiger partial charge in [-0.1, -0.05) is 38.1 Å². The number of hydrogen-bond acceptors (Lipinski definition) is 5. The van der Waals surface area contributed by atoms with Gasteiger partial charge in [0, 0.05) is 31.9 Å². The number of nitrogens with zero attached hydrogens (tertiary/aromatic N) is 4. The number of amides is 3. The first kappa shape index (κ1) is 24.5. The third kappa shape index (κ3) is 5.08. The highest BCUT2D eigenvalue weighted by Gasteiger charge is 2.26. The highest BCUT2D eigenvalue weighted by molar-refractivity contribution is 6.06. The van der Waals surface area contributed by atoms with E-state index in [0.29, 0.717) is 25.2 Å². The van der Waals surface area contributed by atoms with E-state index in [4.69, 9.17) is 5.73 Å². The van der Waals surface area contributed by atoms with Gasteiger partial charge in [0.1, 0.15) is 0 Å². The van der Waals surface area contributed by atoms with E-state index in [1.54, 1.807) is 17.3 Å². The van der Waals surface area contributed by atoms with E-state index in [2.05, 4.69) is 46.7 Å². The van der Waals surface area contributed by atoms with Gasteiger partial charge in [0.15, 0.2) is 5.65 Å². The molecular formula is C26H35N7O2. The van der Waals surface area contributed by atoms with Crippen molar-refractivity contribution in [2.75, 3.05) is 18.4 Å². The lowest BCUT2D eigenvalue weighted by molar-refractivity contribution is 0.0936. The normalized spacial score (nSPS) is 15.2. The van der Waals surface area contributed by atoms with Gasteiger partial charge in [-0.25, -0.2) is 14.5 Å². The highest BCUT2D eigenvalue weighted by atomic mass is 16.2. The molecule has 1 saturated heterocycles. The number of urea groups is 1. The smallest absolute Gasteiger partial charge is 0.314 e. The van der Waals surface area contributed by atoms with Gasteiger partial charge in [-0.15, -0.1) is 0 Å². The van der Waals surface area contributed by atoms with Crippen molar-refractivity contribution in [1.29, 1.82) is 0 Å². The van der Waals surface area contributed by atoms with E-state index in [9.17, 15) is 9.59 Å². The zero-order chi connectivity index (χ0) is 24.9. The van der Waals surface area contributed by atoms with Crippen LogP contribution in [0.4, 0.5) is 10.5 Å². The van der Waals surface area contributed by atoms with Crippen LogP contribution in [-0.2, 0) is 13.0 Å². The maximum atomic E-state index is 13.6. The van der Waals surface area contributed by atoms with Gasteiger partial charge in [-0.2, -0.15) is 5.10 Å². The molecule has 0 bridgehead atoms. The number of primary amides is 1. The number of fused-ring (bicyclic) bond motifs is 1. The van der Waals surface area contributed by atoms with Crippen LogP contribution in [-0.4, -0.2) is 50.7 Å². The van der Waals surface area contributed by atoms with Crippen LogP contribution in [0.3, 0.4) is 0 Å². The van der Waals surface area contributed by atoms with E-state index in [1.165, 1.54) is 5.56 Å². The number of nitrogens with one attached hydrogen (secondary N) is 2. The number of nitrogens with two attached hydrogens (primary N) is 1. The summed E-state index contributed by atoms with van der Waals surface area (Å²) in [5.41, 5.74) is 9.80. The fourth-order valence-electron chi connectivity index (χ4n) is 4.87. The fourth-order valence-corrected chi connectivity index (χ4v) is 4.87. The molecule has 9 heteroatoms. The summed E-state index contributed by atoms with van der Waals surface area (Å²) in [6.07, 6.45) is 6.59. The molecule has 3 aromatic rings. The summed E-state index contributed by atoms with van der Waals surface area (Å²) in [5, 5.41) is 12.1. The van der Waals surface area contributed by atoms with Crippen LogP contribution >= 0.6 is 0 Å². The summed E-state index contributed by atoms with van der Waals surface area (Å²) in [5.74, 6) is -0.168. The van der Waals surface area contributed by atoms with Crippen LogP contribution in [0.15, 0.2) is 36.7 Å². The number of carbonyl (C=O) groups excluding carboxylic acids is 2. The maximum Gasteiger partial charge on any atom is 0.314 e. The van der Waals surface area contributed by atoms with E-state index in [-0.39, 0.29) is 18.0 Å². The van der Waals surface area contributed by atoms with Gasteiger partial charge < -0.3 is 21.3 Å². The predicted molar refractivity (Wildman–Crippen MR) is 137 cm³/mol. The molecule has 4 N–H and O–H groups in total. The average molecular weight is 478 g/mol. The lowest BCUT2D eigenvalue weighted by atomic mass is 9.96. The average Bonchev–Trinajstić information content (AvgIpc) is 3.31. The molecule has 1 unspecified atom stereocenters. The van der Waals surface area contributed by atoms with Crippen LogP contribution in [0, 0.1) is 0 Å². The van der Waals surface area contributed by atoms with E-state index in [0.717, 1.165) is 48.0 Å². The van der Waals surface area contributed by atoms with Gasteiger partial charge in [-0.05, 0) is 43.7 Å². The monoisotopic (exact) mass is 477 g/mol. The number of rotatable bonds is 8. The Morgan fingerprint density at radius 2 is 1.89 bits per heavy atom. The Labute approximate surface area is 206 Å². The number of benzene rings is 1. The van der Waals surface area contributed by atoms with Crippen LogP contribution < -0.4 is 16.4 Å². The van der Waals surface area contributed by atoms with Crippen molar-refractivity contribution in [3.8, 4) is 0 Å². The predicted octanol–water partition coefficient (Wildman–Crippen LogP) is 3.85. The Kier molecular flexibility index (Phi) is 7.53. The second-order valence-electron chi connectivity index (χ2n) is 8.98. The van der Waals surface area contributed by atoms with Gasteiger partial charge >= 0.3 is 6.03 Å². The van der Waals surface area contributed by atoms with Gasteiger partial charge in [0.2, 0.25) is 0 Å². The van der Waals surface area contributed by atoms with Crippen LogP contribution in [0.2, 0.25) is 0 Å². The zero-order valence-electron chi connectivity index (χ0n) is 20.8. The van der Waals surface area contributed by atoms with Crippen molar-refractivity contribution in [3.63, 3.8) is 0 Å². The quantitative estimate of drug-likeness (QED) is 0.455. The van der Waals surface area contributed by atoms with Crippen molar-refractivity contribution in [1.82, 2.24) is 25.0 Å². The molecule has 9 nitrogen and oxygen atoms in total. The SMILES string of the molecule is CCc1ccccc1C(CC)NC(=O)c1cnc2c(cnn2CC)c1NC1CCN(C(N)=O)CC1. The lowest BCUT2D eigenvalue weighted by Crippen LogP contribution is -2.45. The topological polar surface area (TPSA) is 118 Å². The second kappa shape index (κ2) is 10.8. The molecule has 0 radical (unpaired) electrons. The second-order valence-corrected chi connectivity index (χ2v) is 8.98. The molecule has 0 spiro atoms. The van der Waals surface area contributed by atoms with E-state index in [1.807, 2.05) is 23.7 Å². The van der Waals surface area contributed by atoms with Gasteiger partial charge in [-0.3, -0.25) is 4.79 Å². The number of anilines is 1. The number of pyridine rings is 1. The minimum absolute atomic E-state index is 0.0978. The molecule has 0 saturated carbocycles. The maximum absolute atomic E-state index is 13.6. The molecular weight excluding hydrogens is 442 g/mol. The molecule has 0 aliphatic carbocycles. The van der Waals surface area contributed by atoms with Crippen LogP contribution in [0.1, 0.15) is 67.6 Å². The van der Waals surface area contributed by atoms with Gasteiger partial charge in [0.25, 0.3) is 5.91 Å². The number of aryl methyl sites for hydroxylation is 2. The summed E-state index contributed by atoms with van der Waals surface area (Å²) in [6.45, 7) is 8.08. The van der Waals surface area contributed by atoms with Crippen molar-refractivity contribution < 1.29 is 9.59 Å². The molecule has 1 aromatic carbocycles. The van der Waals surface area contributed by atoms with Gasteiger partial charge in [0.05, 0.1) is 28.9 Å². The summed E-state index contributed by atoms with van der Waals surface area (Å²) in [7, 11) is 0. The molecule has 186 valence electrons. The molecule has 4 rings (SSSR count). The minimum Gasteiger partial charge on any atom is -0.381 e. The number of piperidine rings is 1. The highest BCUT2D eigenvalue weighted by Crippen LogP contribution is 2.30. The summed E-state index contributed by atoms with van der Waals surface area (Å²) < 4.78 is 1.82. The molecule has 2 aromatic heterocycles. The zero-order valence-corrected chi connectivity index (χ0v) is 20.8. The third-order valence-corrected chi connectivity index (χ3v) is 6.89. The summed E-state index contributed by atoms with van der Waals surface area (Å²) >= 11 is 0. The Balaban J connectivity index is 1.64. The Hall–Kier alpha value is -3.62. The first-order valence-corrected chi connectivity index (χ1v) is 12.5.